The number of nitrogens with one attached hydrogen (secondary N) is 2. The van der Waals surface area contributed by atoms with Crippen LogP contribution in [0.5, 0.6) is 0 Å². The number of carbonyl (C=O) groups is 3. The van der Waals surface area contributed by atoms with Crippen LogP contribution in [0.2, 0.25) is 0 Å². The Morgan fingerprint density at radius 2 is 1.97 bits per heavy atom. The first-order valence-electron chi connectivity index (χ1n) is 10.7. The minimum Gasteiger partial charge on any atom is -0.352 e. The van der Waals surface area contributed by atoms with E-state index in [4.69, 9.17) is 5.73 Å². The smallest absolute Gasteiger partial charge is 0.312 e. The average molecular weight is 409 g/mol. The second-order valence-electron chi connectivity index (χ2n) is 8.68. The van der Waals surface area contributed by atoms with Gasteiger partial charge in [-0.3, -0.25) is 9.59 Å². The van der Waals surface area contributed by atoms with E-state index in [9.17, 15) is 14.4 Å². The molecular weight excluding hydrogens is 380 g/mol. The predicted molar refractivity (Wildman–Crippen MR) is 112 cm³/mol. The van der Waals surface area contributed by atoms with Gasteiger partial charge in [-0.1, -0.05) is 17.9 Å². The van der Waals surface area contributed by atoms with Crippen LogP contribution >= 0.6 is 0 Å². The summed E-state index contributed by atoms with van der Waals surface area (Å²) in [6.45, 7) is 2.95. The minimum absolute atomic E-state index is 0.00756. The Balaban J connectivity index is 1.37. The van der Waals surface area contributed by atoms with E-state index in [0.717, 1.165) is 18.4 Å². The van der Waals surface area contributed by atoms with Crippen LogP contribution < -0.4 is 16.4 Å². The molecule has 2 saturated carbocycles. The van der Waals surface area contributed by atoms with Crippen LogP contribution in [0.4, 0.5) is 4.79 Å². The molecule has 4 N–H and O–H groups in total. The first-order chi connectivity index (χ1) is 14.4. The zero-order valence-corrected chi connectivity index (χ0v) is 17.2. The molecule has 0 aromatic heterocycles. The fourth-order valence-corrected chi connectivity index (χ4v) is 4.52. The van der Waals surface area contributed by atoms with Gasteiger partial charge in [-0.15, -0.1) is 0 Å². The van der Waals surface area contributed by atoms with Crippen LogP contribution in [0.3, 0.4) is 0 Å². The Morgan fingerprint density at radius 3 is 2.70 bits per heavy atom. The summed E-state index contributed by atoms with van der Waals surface area (Å²) in [6.07, 6.45) is 4.22. The monoisotopic (exact) mass is 408 g/mol. The molecule has 3 aliphatic rings. The zero-order valence-electron chi connectivity index (χ0n) is 17.2. The molecule has 1 saturated heterocycles. The van der Waals surface area contributed by atoms with Crippen molar-refractivity contribution in [1.82, 2.24) is 15.5 Å². The van der Waals surface area contributed by atoms with Crippen LogP contribution in [0.1, 0.15) is 48.5 Å². The van der Waals surface area contributed by atoms with Gasteiger partial charge < -0.3 is 21.3 Å². The van der Waals surface area contributed by atoms with Gasteiger partial charge in [0.05, 0.1) is 0 Å². The number of hydrogen-bond donors (Lipinski definition) is 3. The fourth-order valence-electron chi connectivity index (χ4n) is 4.52. The van der Waals surface area contributed by atoms with Crippen molar-refractivity contribution in [2.24, 2.45) is 23.5 Å². The summed E-state index contributed by atoms with van der Waals surface area (Å²) in [5.41, 5.74) is 6.64. The molecule has 0 spiro atoms. The van der Waals surface area contributed by atoms with E-state index in [2.05, 4.69) is 22.5 Å². The highest BCUT2D eigenvalue weighted by molar-refractivity contribution is 5.95. The van der Waals surface area contributed by atoms with Crippen LogP contribution in [0.15, 0.2) is 24.3 Å². The maximum absolute atomic E-state index is 13.1. The van der Waals surface area contributed by atoms with E-state index >= 15 is 0 Å². The summed E-state index contributed by atoms with van der Waals surface area (Å²) in [5.74, 6) is 7.33. The van der Waals surface area contributed by atoms with Crippen molar-refractivity contribution in [2.45, 2.75) is 44.7 Å². The maximum atomic E-state index is 13.1. The van der Waals surface area contributed by atoms with Crippen molar-refractivity contribution in [1.29, 1.82) is 0 Å². The number of nitrogens with zero attached hydrogens (tertiary/aromatic N) is 1. The Labute approximate surface area is 176 Å². The van der Waals surface area contributed by atoms with Gasteiger partial charge in [-0.05, 0) is 56.7 Å². The standard InChI is InChI=1S/C23H28N4O3/c1-14(25-23(24)30)21(28)26-20-10-9-18-12-27(13-19(18)20)22(29)17-4-2-3-16(11-17)8-7-15-5-6-15/h2-4,11,14-15,18-20H,5-6,9-10,12-13H2,1H3,(H,26,28)(H3,24,25,30). The molecule has 0 bridgehead atoms. The second-order valence-corrected chi connectivity index (χ2v) is 8.68. The molecule has 1 aliphatic heterocycles. The summed E-state index contributed by atoms with van der Waals surface area (Å²) >= 11 is 0. The van der Waals surface area contributed by atoms with Gasteiger partial charge in [-0.2, -0.15) is 0 Å². The molecule has 1 heterocycles. The number of fused-ring (bicyclic) bond motifs is 1. The molecule has 4 atom stereocenters. The van der Waals surface area contributed by atoms with Gasteiger partial charge in [-0.25, -0.2) is 4.79 Å². The molecule has 7 nitrogen and oxygen atoms in total. The number of rotatable bonds is 4. The highest BCUT2D eigenvalue weighted by Gasteiger charge is 2.44. The summed E-state index contributed by atoms with van der Waals surface area (Å²) in [5, 5.41) is 5.43. The van der Waals surface area contributed by atoms with Crippen molar-refractivity contribution in [2.75, 3.05) is 13.1 Å². The Morgan fingerprint density at radius 1 is 1.17 bits per heavy atom. The number of primary amides is 1. The third-order valence-corrected chi connectivity index (χ3v) is 6.33. The molecule has 1 aromatic rings. The van der Waals surface area contributed by atoms with Crippen LogP contribution in [0.25, 0.3) is 0 Å². The highest BCUT2D eigenvalue weighted by atomic mass is 16.2. The van der Waals surface area contributed by atoms with Gasteiger partial charge in [0.15, 0.2) is 0 Å². The number of carbonyl (C=O) groups excluding carboxylic acids is 3. The Bertz CT molecular complexity index is 915. The second kappa shape index (κ2) is 8.39. The largest absolute Gasteiger partial charge is 0.352 e. The topological polar surface area (TPSA) is 105 Å². The fraction of sp³-hybridized carbons (Fsp3) is 0.522. The Hall–Kier alpha value is -3.01. The molecule has 0 radical (unpaired) electrons. The molecule has 158 valence electrons. The third-order valence-electron chi connectivity index (χ3n) is 6.33. The summed E-state index contributed by atoms with van der Waals surface area (Å²) in [4.78, 5) is 38.3. The average Bonchev–Trinajstić information content (AvgIpc) is 3.34. The molecule has 4 rings (SSSR count). The Kier molecular flexibility index (Phi) is 5.67. The minimum atomic E-state index is -0.719. The number of hydrogen-bond acceptors (Lipinski definition) is 3. The first kappa shape index (κ1) is 20.3. The van der Waals surface area contributed by atoms with E-state index in [1.807, 2.05) is 29.2 Å². The van der Waals surface area contributed by atoms with Gasteiger partial charge in [0.1, 0.15) is 6.04 Å². The lowest BCUT2D eigenvalue weighted by molar-refractivity contribution is -0.123. The lowest BCUT2D eigenvalue weighted by Gasteiger charge is -2.23. The van der Waals surface area contributed by atoms with E-state index in [0.29, 0.717) is 30.5 Å². The van der Waals surface area contributed by atoms with Gasteiger partial charge in [0.2, 0.25) is 5.91 Å². The van der Waals surface area contributed by atoms with Crippen molar-refractivity contribution in [3.63, 3.8) is 0 Å². The highest BCUT2D eigenvalue weighted by Crippen LogP contribution is 2.38. The van der Waals surface area contributed by atoms with Gasteiger partial charge in [0, 0.05) is 42.1 Å². The molecule has 4 unspecified atom stereocenters. The molecule has 2 aliphatic carbocycles. The summed E-state index contributed by atoms with van der Waals surface area (Å²) in [7, 11) is 0. The van der Waals surface area contributed by atoms with Crippen LogP contribution in [-0.2, 0) is 4.79 Å². The van der Waals surface area contributed by atoms with Crippen molar-refractivity contribution >= 4 is 17.8 Å². The van der Waals surface area contributed by atoms with E-state index in [1.54, 1.807) is 6.92 Å². The van der Waals surface area contributed by atoms with Crippen molar-refractivity contribution in [3.05, 3.63) is 35.4 Å². The molecular formula is C23H28N4O3. The lowest BCUT2D eigenvalue weighted by atomic mass is 9.97. The summed E-state index contributed by atoms with van der Waals surface area (Å²) < 4.78 is 0. The van der Waals surface area contributed by atoms with E-state index in [-0.39, 0.29) is 23.8 Å². The van der Waals surface area contributed by atoms with E-state index < -0.39 is 12.1 Å². The van der Waals surface area contributed by atoms with Gasteiger partial charge in [0.25, 0.3) is 5.91 Å². The molecule has 1 aromatic carbocycles. The van der Waals surface area contributed by atoms with E-state index in [1.165, 1.54) is 12.8 Å². The SMILES string of the molecule is CC(NC(N)=O)C(=O)NC1CCC2CN(C(=O)c3cccc(C#CC4CC4)c3)CC21. The quantitative estimate of drug-likeness (QED) is 0.657. The number of likely N-dealkylation sites (tertiary alicyclic amines) is 1. The number of amides is 4. The first-order valence-corrected chi connectivity index (χ1v) is 10.7. The zero-order chi connectivity index (χ0) is 21.3. The maximum Gasteiger partial charge on any atom is 0.312 e. The number of nitrogens with two attached hydrogens (primary N) is 1. The van der Waals surface area contributed by atoms with Crippen LogP contribution in [-0.4, -0.2) is 47.9 Å². The van der Waals surface area contributed by atoms with Crippen molar-refractivity contribution in [3.8, 4) is 11.8 Å². The normalized spacial score (nSPS) is 25.6. The molecule has 30 heavy (non-hydrogen) atoms. The molecule has 7 heteroatoms. The van der Waals surface area contributed by atoms with Crippen molar-refractivity contribution < 1.29 is 14.4 Å². The third kappa shape index (κ3) is 4.59. The summed E-state index contributed by atoms with van der Waals surface area (Å²) in [6, 6.07) is 6.16. The number of urea groups is 1. The van der Waals surface area contributed by atoms with Gasteiger partial charge >= 0.3 is 6.03 Å². The predicted octanol–water partition coefficient (Wildman–Crippen LogP) is 1.47. The van der Waals surface area contributed by atoms with Crippen LogP contribution in [0, 0.1) is 29.6 Å². The molecule has 4 amide bonds. The molecule has 3 fully saturated rings. The lowest BCUT2D eigenvalue weighted by Crippen LogP contribution is -2.50. The number of benzene rings is 1.